The van der Waals surface area contributed by atoms with Crippen molar-refractivity contribution in [2.24, 2.45) is 0 Å². The minimum absolute atomic E-state index is 0.121. The van der Waals surface area contributed by atoms with E-state index in [0.29, 0.717) is 12.3 Å². The van der Waals surface area contributed by atoms with E-state index in [-0.39, 0.29) is 5.57 Å². The SMILES string of the molecule is Cc1ccc(C2C(C(=O)/C=C/c3ccco3)=C(O)C(=O)N2CCN2CCCCC2)cc1. The van der Waals surface area contributed by atoms with Crippen LogP contribution in [-0.2, 0) is 9.59 Å². The predicted octanol–water partition coefficient (Wildman–Crippen LogP) is 4.05. The van der Waals surface area contributed by atoms with Crippen LogP contribution in [0.2, 0.25) is 0 Å². The Kier molecular flexibility index (Phi) is 6.37. The van der Waals surface area contributed by atoms with Crippen LogP contribution in [0.3, 0.4) is 0 Å². The van der Waals surface area contributed by atoms with Crippen LogP contribution in [0.25, 0.3) is 6.08 Å². The molecule has 3 heterocycles. The topological polar surface area (TPSA) is 74.0 Å². The molecule has 1 saturated heterocycles. The van der Waals surface area contributed by atoms with E-state index < -0.39 is 23.5 Å². The molecule has 162 valence electrons. The molecule has 2 aliphatic heterocycles. The lowest BCUT2D eigenvalue weighted by molar-refractivity contribution is -0.129. The van der Waals surface area contributed by atoms with Crippen molar-refractivity contribution in [3.8, 4) is 0 Å². The van der Waals surface area contributed by atoms with E-state index in [1.54, 1.807) is 23.1 Å². The maximum atomic E-state index is 13.1. The smallest absolute Gasteiger partial charge is 0.290 e. The summed E-state index contributed by atoms with van der Waals surface area (Å²) in [7, 11) is 0. The molecule has 1 unspecified atom stereocenters. The van der Waals surface area contributed by atoms with Gasteiger partial charge in [-0.2, -0.15) is 0 Å². The van der Waals surface area contributed by atoms with Crippen LogP contribution in [0, 0.1) is 6.92 Å². The first kappa shape index (κ1) is 21.1. The molecule has 0 radical (unpaired) electrons. The number of likely N-dealkylation sites (tertiary alicyclic amines) is 1. The molecule has 1 atom stereocenters. The summed E-state index contributed by atoms with van der Waals surface area (Å²) in [6.07, 6.45) is 8.01. The quantitative estimate of drug-likeness (QED) is 0.684. The average Bonchev–Trinajstić information content (AvgIpc) is 3.39. The maximum absolute atomic E-state index is 13.1. The highest BCUT2D eigenvalue weighted by atomic mass is 16.3. The fourth-order valence-corrected chi connectivity index (χ4v) is 4.30. The second-order valence-corrected chi connectivity index (χ2v) is 8.19. The number of aryl methyl sites for hydroxylation is 1. The second-order valence-electron chi connectivity index (χ2n) is 8.19. The highest BCUT2D eigenvalue weighted by Gasteiger charge is 2.42. The summed E-state index contributed by atoms with van der Waals surface area (Å²) in [6.45, 7) is 5.22. The molecule has 31 heavy (non-hydrogen) atoms. The molecule has 1 aromatic carbocycles. The molecule has 2 aliphatic rings. The number of carbonyl (C=O) groups is 2. The van der Waals surface area contributed by atoms with Gasteiger partial charge in [0.2, 0.25) is 0 Å². The van der Waals surface area contributed by atoms with Gasteiger partial charge >= 0.3 is 0 Å². The van der Waals surface area contributed by atoms with Crippen LogP contribution in [0.1, 0.15) is 42.2 Å². The molecule has 6 heteroatoms. The lowest BCUT2D eigenvalue weighted by Gasteiger charge is -2.31. The van der Waals surface area contributed by atoms with E-state index in [9.17, 15) is 14.7 Å². The monoisotopic (exact) mass is 420 g/mol. The lowest BCUT2D eigenvalue weighted by Crippen LogP contribution is -2.40. The van der Waals surface area contributed by atoms with Gasteiger partial charge in [-0.3, -0.25) is 9.59 Å². The minimum Gasteiger partial charge on any atom is -0.503 e. The third-order valence-electron chi connectivity index (χ3n) is 6.01. The molecule has 0 bridgehead atoms. The number of nitrogens with zero attached hydrogens (tertiary/aromatic N) is 2. The van der Waals surface area contributed by atoms with Crippen LogP contribution >= 0.6 is 0 Å². The lowest BCUT2D eigenvalue weighted by atomic mass is 9.95. The molecule has 2 aromatic rings. The van der Waals surface area contributed by atoms with E-state index in [2.05, 4.69) is 4.90 Å². The van der Waals surface area contributed by atoms with Crippen molar-refractivity contribution in [2.75, 3.05) is 26.2 Å². The number of ketones is 1. The molecular weight excluding hydrogens is 392 g/mol. The third-order valence-corrected chi connectivity index (χ3v) is 6.01. The van der Waals surface area contributed by atoms with Crippen LogP contribution in [0.15, 0.2) is 64.5 Å². The van der Waals surface area contributed by atoms with Gasteiger partial charge in [0, 0.05) is 13.1 Å². The zero-order chi connectivity index (χ0) is 21.8. The van der Waals surface area contributed by atoms with Crippen molar-refractivity contribution in [3.05, 3.63) is 77.0 Å². The number of carbonyl (C=O) groups excluding carboxylic acids is 2. The summed E-state index contributed by atoms with van der Waals surface area (Å²) >= 11 is 0. The number of hydrogen-bond donors (Lipinski definition) is 1. The Hall–Kier alpha value is -3.12. The number of amides is 1. The van der Waals surface area contributed by atoms with Gasteiger partial charge in [-0.1, -0.05) is 36.2 Å². The molecule has 0 saturated carbocycles. The summed E-state index contributed by atoms with van der Waals surface area (Å²) in [6, 6.07) is 10.6. The zero-order valence-electron chi connectivity index (χ0n) is 17.8. The molecule has 1 N–H and O–H groups in total. The van der Waals surface area contributed by atoms with Crippen molar-refractivity contribution in [2.45, 2.75) is 32.2 Å². The van der Waals surface area contributed by atoms with Gasteiger partial charge in [-0.25, -0.2) is 0 Å². The number of benzene rings is 1. The van der Waals surface area contributed by atoms with Gasteiger partial charge in [-0.05, 0) is 62.7 Å². The van der Waals surface area contributed by atoms with Gasteiger partial charge < -0.3 is 19.3 Å². The second kappa shape index (κ2) is 9.35. The molecular formula is C25H28N2O4. The Morgan fingerprint density at radius 3 is 2.55 bits per heavy atom. The predicted molar refractivity (Wildman–Crippen MR) is 118 cm³/mol. The molecule has 1 aromatic heterocycles. The number of hydrogen-bond acceptors (Lipinski definition) is 5. The fourth-order valence-electron chi connectivity index (χ4n) is 4.30. The summed E-state index contributed by atoms with van der Waals surface area (Å²) in [5, 5.41) is 10.7. The van der Waals surface area contributed by atoms with Gasteiger partial charge in [0.1, 0.15) is 5.76 Å². The number of rotatable bonds is 7. The molecule has 0 spiro atoms. The number of allylic oxidation sites excluding steroid dienone is 1. The largest absolute Gasteiger partial charge is 0.503 e. The molecule has 1 amide bonds. The van der Waals surface area contributed by atoms with E-state index >= 15 is 0 Å². The van der Waals surface area contributed by atoms with E-state index in [1.807, 2.05) is 31.2 Å². The summed E-state index contributed by atoms with van der Waals surface area (Å²) in [5.74, 6) is -0.810. The van der Waals surface area contributed by atoms with E-state index in [1.165, 1.54) is 31.6 Å². The number of furan rings is 1. The standard InChI is InChI=1S/C25H28N2O4/c1-18-7-9-19(10-8-18)23-22(21(28)12-11-20-6-5-17-31-20)24(29)25(30)27(23)16-15-26-13-3-2-4-14-26/h5-12,17,23,29H,2-4,13-16H2,1H3/b12-11+. The van der Waals surface area contributed by atoms with Gasteiger partial charge in [0.05, 0.1) is 17.9 Å². The Bertz CT molecular complexity index is 983. The highest BCUT2D eigenvalue weighted by molar-refractivity contribution is 6.14. The van der Waals surface area contributed by atoms with Crippen LogP contribution in [0.5, 0.6) is 0 Å². The highest BCUT2D eigenvalue weighted by Crippen LogP contribution is 2.38. The van der Waals surface area contributed by atoms with E-state index in [4.69, 9.17) is 4.42 Å². The van der Waals surface area contributed by atoms with Crippen molar-refractivity contribution < 1.29 is 19.1 Å². The van der Waals surface area contributed by atoms with E-state index in [0.717, 1.165) is 30.8 Å². The first-order valence-corrected chi connectivity index (χ1v) is 10.8. The van der Waals surface area contributed by atoms with Crippen LogP contribution in [-0.4, -0.2) is 52.8 Å². The Morgan fingerprint density at radius 1 is 1.13 bits per heavy atom. The van der Waals surface area contributed by atoms with Crippen LogP contribution < -0.4 is 0 Å². The Morgan fingerprint density at radius 2 is 1.87 bits per heavy atom. The third kappa shape index (κ3) is 4.64. The molecule has 0 aliphatic carbocycles. The molecule has 1 fully saturated rings. The minimum atomic E-state index is -0.605. The van der Waals surface area contributed by atoms with Crippen molar-refractivity contribution in [3.63, 3.8) is 0 Å². The number of aliphatic hydroxyl groups excluding tert-OH is 1. The number of aliphatic hydroxyl groups is 1. The molecule has 6 nitrogen and oxygen atoms in total. The van der Waals surface area contributed by atoms with Crippen molar-refractivity contribution in [1.82, 2.24) is 9.80 Å². The normalized spacial score (nSPS) is 20.2. The Balaban J connectivity index is 1.61. The first-order chi connectivity index (χ1) is 15.0. The zero-order valence-corrected chi connectivity index (χ0v) is 17.8. The van der Waals surface area contributed by atoms with Crippen molar-refractivity contribution >= 4 is 17.8 Å². The number of piperidine rings is 1. The summed E-state index contributed by atoms with van der Waals surface area (Å²) in [5.41, 5.74) is 2.03. The van der Waals surface area contributed by atoms with Crippen molar-refractivity contribution in [1.29, 1.82) is 0 Å². The summed E-state index contributed by atoms with van der Waals surface area (Å²) in [4.78, 5) is 30.0. The first-order valence-electron chi connectivity index (χ1n) is 10.8. The van der Waals surface area contributed by atoms with Gasteiger partial charge in [0.25, 0.3) is 5.91 Å². The molecule has 4 rings (SSSR count). The van der Waals surface area contributed by atoms with Gasteiger partial charge in [-0.15, -0.1) is 0 Å². The van der Waals surface area contributed by atoms with Crippen LogP contribution in [0.4, 0.5) is 0 Å². The fraction of sp³-hybridized carbons (Fsp3) is 0.360. The maximum Gasteiger partial charge on any atom is 0.290 e. The summed E-state index contributed by atoms with van der Waals surface area (Å²) < 4.78 is 5.25. The average molecular weight is 421 g/mol. The Labute approximate surface area is 182 Å². The van der Waals surface area contributed by atoms with Gasteiger partial charge in [0.15, 0.2) is 11.5 Å².